The lowest BCUT2D eigenvalue weighted by Gasteiger charge is -2.32. The molecule has 0 aliphatic carbocycles. The lowest BCUT2D eigenvalue weighted by atomic mass is 9.99. The van der Waals surface area contributed by atoms with E-state index in [2.05, 4.69) is 9.80 Å². The third-order valence-corrected chi connectivity index (χ3v) is 4.59. The molecular weight excluding hydrogens is 242 g/mol. The molecule has 0 bridgehead atoms. The number of carbonyl (C=O) groups is 1. The van der Waals surface area contributed by atoms with Crippen LogP contribution in [-0.2, 0) is 4.79 Å². The first-order chi connectivity index (χ1) is 8.99. The Labute approximate surface area is 115 Å². The molecule has 2 fully saturated rings. The van der Waals surface area contributed by atoms with Crippen LogP contribution in [0, 0.1) is 0 Å². The van der Waals surface area contributed by atoms with Crippen molar-refractivity contribution in [2.24, 2.45) is 5.73 Å². The minimum absolute atomic E-state index is 0.523. The molecule has 0 aromatic carbocycles. The Morgan fingerprint density at radius 1 is 1.32 bits per heavy atom. The lowest BCUT2D eigenvalue weighted by Crippen LogP contribution is -2.47. The van der Waals surface area contributed by atoms with Crippen molar-refractivity contribution in [3.8, 4) is 0 Å². The maximum Gasteiger partial charge on any atom is 0.323 e. The fourth-order valence-corrected chi connectivity index (χ4v) is 3.09. The largest absolute Gasteiger partial charge is 0.480 e. The highest BCUT2D eigenvalue weighted by atomic mass is 16.4. The smallest absolute Gasteiger partial charge is 0.323 e. The van der Waals surface area contributed by atoms with Gasteiger partial charge in [-0.1, -0.05) is 6.42 Å². The number of aliphatic carboxylic acids is 1. The molecule has 0 spiro atoms. The van der Waals surface area contributed by atoms with Crippen LogP contribution in [0.4, 0.5) is 0 Å². The van der Waals surface area contributed by atoms with Crippen LogP contribution in [0.3, 0.4) is 0 Å². The second kappa shape index (κ2) is 6.20. The maximum atomic E-state index is 11.0. The first-order valence-corrected chi connectivity index (χ1v) is 7.48. The average Bonchev–Trinajstić information content (AvgIpc) is 2.86. The van der Waals surface area contributed by atoms with Gasteiger partial charge in [-0.25, -0.2) is 0 Å². The molecule has 3 N–H and O–H groups in total. The van der Waals surface area contributed by atoms with E-state index in [4.69, 9.17) is 10.8 Å². The van der Waals surface area contributed by atoms with Crippen molar-refractivity contribution < 1.29 is 9.90 Å². The van der Waals surface area contributed by atoms with E-state index in [1.165, 1.54) is 38.8 Å². The van der Waals surface area contributed by atoms with E-state index in [0.717, 1.165) is 19.6 Å². The minimum atomic E-state index is -1.09. The molecule has 2 heterocycles. The zero-order chi connectivity index (χ0) is 13.9. The SMILES string of the molecule is CC(N)(CCN1CCC(N2CCCCC2)C1)C(=O)O. The van der Waals surface area contributed by atoms with Crippen molar-refractivity contribution in [1.82, 2.24) is 9.80 Å². The molecule has 5 heteroatoms. The van der Waals surface area contributed by atoms with E-state index >= 15 is 0 Å². The van der Waals surface area contributed by atoms with Gasteiger partial charge in [0.05, 0.1) is 0 Å². The third kappa shape index (κ3) is 3.91. The Bertz CT molecular complexity index is 314. The van der Waals surface area contributed by atoms with Crippen LogP contribution in [0.5, 0.6) is 0 Å². The van der Waals surface area contributed by atoms with Crippen molar-refractivity contribution >= 4 is 5.97 Å². The van der Waals surface area contributed by atoms with Crippen LogP contribution >= 0.6 is 0 Å². The van der Waals surface area contributed by atoms with Gasteiger partial charge in [-0.2, -0.15) is 0 Å². The van der Waals surface area contributed by atoms with Crippen LogP contribution in [-0.4, -0.2) is 65.2 Å². The van der Waals surface area contributed by atoms with Crippen LogP contribution in [0.2, 0.25) is 0 Å². The summed E-state index contributed by atoms with van der Waals surface area (Å²) in [6, 6.07) is 0.675. The first kappa shape index (κ1) is 14.8. The van der Waals surface area contributed by atoms with Gasteiger partial charge in [-0.3, -0.25) is 9.69 Å². The van der Waals surface area contributed by atoms with E-state index in [1.807, 2.05) is 0 Å². The zero-order valence-corrected chi connectivity index (χ0v) is 12.0. The Hall–Kier alpha value is -0.650. The summed E-state index contributed by atoms with van der Waals surface area (Å²) in [6.07, 6.45) is 5.77. The summed E-state index contributed by atoms with van der Waals surface area (Å²) in [7, 11) is 0. The van der Waals surface area contributed by atoms with E-state index in [1.54, 1.807) is 6.92 Å². The molecule has 5 nitrogen and oxygen atoms in total. The molecule has 110 valence electrons. The van der Waals surface area contributed by atoms with E-state index in [-0.39, 0.29) is 0 Å². The normalized spacial score (nSPS) is 29.3. The molecular formula is C14H27N3O2. The van der Waals surface area contributed by atoms with Crippen LogP contribution in [0.25, 0.3) is 0 Å². The number of piperidine rings is 1. The molecule has 2 unspecified atom stereocenters. The Balaban J connectivity index is 1.74. The minimum Gasteiger partial charge on any atom is -0.480 e. The van der Waals surface area contributed by atoms with Crippen molar-refractivity contribution in [2.45, 2.75) is 50.6 Å². The number of nitrogens with zero attached hydrogens (tertiary/aromatic N) is 2. The third-order valence-electron chi connectivity index (χ3n) is 4.59. The number of nitrogens with two attached hydrogens (primary N) is 1. The molecule has 2 rings (SSSR count). The standard InChI is InChI=1S/C14H27N3O2/c1-14(15,13(18)19)6-10-16-9-5-12(11-16)17-7-3-2-4-8-17/h12H,2-11,15H2,1H3,(H,18,19). The fourth-order valence-electron chi connectivity index (χ4n) is 3.09. The van der Waals surface area contributed by atoms with Gasteiger partial charge in [-0.15, -0.1) is 0 Å². The van der Waals surface area contributed by atoms with Gasteiger partial charge in [0, 0.05) is 19.1 Å². The Kier molecular flexibility index (Phi) is 4.81. The second-order valence-electron chi connectivity index (χ2n) is 6.31. The van der Waals surface area contributed by atoms with E-state index < -0.39 is 11.5 Å². The van der Waals surface area contributed by atoms with Crippen LogP contribution in [0.1, 0.15) is 39.0 Å². The van der Waals surface area contributed by atoms with Crippen molar-refractivity contribution in [1.29, 1.82) is 0 Å². The molecule has 0 radical (unpaired) electrons. The van der Waals surface area contributed by atoms with Gasteiger partial charge in [0.1, 0.15) is 5.54 Å². The summed E-state index contributed by atoms with van der Waals surface area (Å²) in [4.78, 5) is 16.0. The topological polar surface area (TPSA) is 69.8 Å². The van der Waals surface area contributed by atoms with Crippen molar-refractivity contribution in [3.63, 3.8) is 0 Å². The Morgan fingerprint density at radius 3 is 2.63 bits per heavy atom. The molecule has 2 saturated heterocycles. The first-order valence-electron chi connectivity index (χ1n) is 7.48. The summed E-state index contributed by atoms with van der Waals surface area (Å²) < 4.78 is 0. The zero-order valence-electron chi connectivity index (χ0n) is 12.0. The summed E-state index contributed by atoms with van der Waals surface area (Å²) in [5, 5.41) is 9.02. The molecule has 0 saturated carbocycles. The molecule has 19 heavy (non-hydrogen) atoms. The van der Waals surface area contributed by atoms with Crippen molar-refractivity contribution in [2.75, 3.05) is 32.7 Å². The number of carboxylic acid groups (broad SMARTS) is 1. The van der Waals surface area contributed by atoms with Gasteiger partial charge >= 0.3 is 5.97 Å². The molecule has 0 aromatic heterocycles. The predicted molar refractivity (Wildman–Crippen MR) is 75.1 cm³/mol. The average molecular weight is 269 g/mol. The molecule has 0 amide bonds. The summed E-state index contributed by atoms with van der Waals surface area (Å²) in [5.41, 5.74) is 4.68. The second-order valence-corrected chi connectivity index (χ2v) is 6.31. The highest BCUT2D eigenvalue weighted by Crippen LogP contribution is 2.21. The quantitative estimate of drug-likeness (QED) is 0.770. The number of likely N-dealkylation sites (tertiary alicyclic amines) is 2. The highest BCUT2D eigenvalue weighted by molar-refractivity contribution is 5.77. The molecule has 2 aliphatic rings. The molecule has 0 aromatic rings. The monoisotopic (exact) mass is 269 g/mol. The molecule has 2 atom stereocenters. The highest BCUT2D eigenvalue weighted by Gasteiger charge is 2.32. The predicted octanol–water partition coefficient (Wildman–Crippen LogP) is 0.739. The number of rotatable bonds is 5. The summed E-state index contributed by atoms with van der Waals surface area (Å²) in [6.45, 7) is 7.04. The van der Waals surface area contributed by atoms with Crippen LogP contribution in [0.15, 0.2) is 0 Å². The van der Waals surface area contributed by atoms with E-state index in [9.17, 15) is 4.79 Å². The van der Waals surface area contributed by atoms with E-state index in [0.29, 0.717) is 12.5 Å². The lowest BCUT2D eigenvalue weighted by molar-refractivity contribution is -0.143. The summed E-state index contributed by atoms with van der Waals surface area (Å²) >= 11 is 0. The van der Waals surface area contributed by atoms with Gasteiger partial charge in [0.25, 0.3) is 0 Å². The van der Waals surface area contributed by atoms with Crippen molar-refractivity contribution in [3.05, 3.63) is 0 Å². The van der Waals surface area contributed by atoms with Crippen LogP contribution < -0.4 is 5.73 Å². The number of hydrogen-bond acceptors (Lipinski definition) is 4. The summed E-state index contributed by atoms with van der Waals surface area (Å²) in [5.74, 6) is -0.903. The van der Waals surface area contributed by atoms with Gasteiger partial charge in [0.2, 0.25) is 0 Å². The van der Waals surface area contributed by atoms with Gasteiger partial charge < -0.3 is 15.7 Å². The molecule has 2 aliphatic heterocycles. The fraction of sp³-hybridized carbons (Fsp3) is 0.929. The Morgan fingerprint density at radius 2 is 2.00 bits per heavy atom. The number of carboxylic acids is 1. The van der Waals surface area contributed by atoms with Gasteiger partial charge in [0.15, 0.2) is 0 Å². The van der Waals surface area contributed by atoms with Gasteiger partial charge in [-0.05, 0) is 52.2 Å². The maximum absolute atomic E-state index is 11.0. The number of hydrogen-bond donors (Lipinski definition) is 2.